The molecule has 0 saturated heterocycles. The summed E-state index contributed by atoms with van der Waals surface area (Å²) < 4.78 is 13.5. The third-order valence-electron chi connectivity index (χ3n) is 4.23. The third kappa shape index (κ3) is 4.18. The smallest absolute Gasteiger partial charge is 0.251 e. The van der Waals surface area contributed by atoms with Crippen LogP contribution in [0.1, 0.15) is 22.0 Å². The maximum absolute atomic E-state index is 13.5. The quantitative estimate of drug-likeness (QED) is 0.688. The Morgan fingerprint density at radius 1 is 1.19 bits per heavy atom. The molecule has 0 radical (unpaired) electrons. The predicted molar refractivity (Wildman–Crippen MR) is 102 cm³/mol. The van der Waals surface area contributed by atoms with E-state index in [0.717, 1.165) is 16.5 Å². The molecule has 3 rings (SSSR count). The molecular formula is C20H19ClFN3O. The molecule has 4 nitrogen and oxygen atoms in total. The zero-order valence-electron chi connectivity index (χ0n) is 14.5. The average Bonchev–Trinajstić information content (AvgIpc) is 2.61. The van der Waals surface area contributed by atoms with Crippen LogP contribution in [0.25, 0.3) is 10.9 Å². The van der Waals surface area contributed by atoms with E-state index in [9.17, 15) is 9.18 Å². The Labute approximate surface area is 156 Å². The minimum absolute atomic E-state index is 0.129. The van der Waals surface area contributed by atoms with Gasteiger partial charge in [0, 0.05) is 17.5 Å². The summed E-state index contributed by atoms with van der Waals surface area (Å²) in [4.78, 5) is 18.7. The van der Waals surface area contributed by atoms with Crippen LogP contribution < -0.4 is 5.32 Å². The molecule has 1 unspecified atom stereocenters. The van der Waals surface area contributed by atoms with Crippen LogP contribution in [0, 0.1) is 5.82 Å². The van der Waals surface area contributed by atoms with Gasteiger partial charge < -0.3 is 10.2 Å². The summed E-state index contributed by atoms with van der Waals surface area (Å²) in [6.07, 6.45) is 0. The van der Waals surface area contributed by atoms with Crippen molar-refractivity contribution < 1.29 is 9.18 Å². The minimum Gasteiger partial charge on any atom is -0.350 e. The van der Waals surface area contributed by atoms with Gasteiger partial charge in [0.15, 0.2) is 0 Å². The van der Waals surface area contributed by atoms with Crippen molar-refractivity contribution in [3.8, 4) is 0 Å². The Kier molecular flexibility index (Phi) is 5.49. The molecule has 1 aromatic heterocycles. The maximum atomic E-state index is 13.5. The van der Waals surface area contributed by atoms with E-state index in [1.165, 1.54) is 12.1 Å². The van der Waals surface area contributed by atoms with Gasteiger partial charge in [0.2, 0.25) is 0 Å². The summed E-state index contributed by atoms with van der Waals surface area (Å²) >= 11 is 5.88. The minimum atomic E-state index is -0.290. The molecule has 0 aliphatic heterocycles. The lowest BCUT2D eigenvalue weighted by atomic mass is 10.1. The van der Waals surface area contributed by atoms with Crippen LogP contribution in [-0.4, -0.2) is 36.4 Å². The first-order valence-corrected chi connectivity index (χ1v) is 8.58. The molecule has 0 spiro atoms. The van der Waals surface area contributed by atoms with Gasteiger partial charge >= 0.3 is 0 Å². The number of benzene rings is 2. The molecule has 134 valence electrons. The lowest BCUT2D eigenvalue weighted by molar-refractivity contribution is 0.0942. The molecule has 2 aromatic carbocycles. The second-order valence-electron chi connectivity index (χ2n) is 6.29. The standard InChI is InChI=1S/C20H19ClFN3O/c1-25(2)18(14-4-3-5-16(22)11-14)12-23-20(26)15-6-8-17-13(10-15)7-9-19(21)24-17/h3-11,18H,12H2,1-2H3,(H,23,26). The van der Waals surface area contributed by atoms with Gasteiger partial charge in [-0.2, -0.15) is 0 Å². The number of hydrogen-bond acceptors (Lipinski definition) is 3. The second-order valence-corrected chi connectivity index (χ2v) is 6.67. The normalized spacial score (nSPS) is 12.3. The number of hydrogen-bond donors (Lipinski definition) is 1. The van der Waals surface area contributed by atoms with Gasteiger partial charge in [0.25, 0.3) is 5.91 Å². The fourth-order valence-electron chi connectivity index (χ4n) is 2.85. The van der Waals surface area contributed by atoms with Crippen LogP contribution in [-0.2, 0) is 0 Å². The SMILES string of the molecule is CN(C)C(CNC(=O)c1ccc2nc(Cl)ccc2c1)c1cccc(F)c1. The molecule has 1 heterocycles. The number of likely N-dealkylation sites (N-methyl/N-ethyl adjacent to an activating group) is 1. The van der Waals surface area contributed by atoms with Gasteiger partial charge in [-0.15, -0.1) is 0 Å². The first-order chi connectivity index (χ1) is 12.4. The highest BCUT2D eigenvalue weighted by molar-refractivity contribution is 6.29. The zero-order chi connectivity index (χ0) is 18.7. The monoisotopic (exact) mass is 371 g/mol. The lowest BCUT2D eigenvalue weighted by Crippen LogP contribution is -2.34. The fraction of sp³-hybridized carbons (Fsp3) is 0.200. The van der Waals surface area contributed by atoms with Crippen molar-refractivity contribution in [1.82, 2.24) is 15.2 Å². The molecule has 0 bridgehead atoms. The molecule has 3 aromatic rings. The summed E-state index contributed by atoms with van der Waals surface area (Å²) in [6, 6.07) is 15.1. The van der Waals surface area contributed by atoms with E-state index in [1.807, 2.05) is 31.1 Å². The van der Waals surface area contributed by atoms with Crippen molar-refractivity contribution in [2.45, 2.75) is 6.04 Å². The number of pyridine rings is 1. The number of aromatic nitrogens is 1. The number of amides is 1. The van der Waals surface area contributed by atoms with Gasteiger partial charge in [-0.25, -0.2) is 9.37 Å². The van der Waals surface area contributed by atoms with Crippen molar-refractivity contribution in [1.29, 1.82) is 0 Å². The maximum Gasteiger partial charge on any atom is 0.251 e. The molecule has 0 saturated carbocycles. The highest BCUT2D eigenvalue weighted by atomic mass is 35.5. The van der Waals surface area contributed by atoms with Gasteiger partial charge in [0.1, 0.15) is 11.0 Å². The van der Waals surface area contributed by atoms with E-state index in [0.29, 0.717) is 17.3 Å². The second kappa shape index (κ2) is 7.81. The number of nitrogens with one attached hydrogen (secondary N) is 1. The van der Waals surface area contributed by atoms with Crippen LogP contribution >= 0.6 is 11.6 Å². The van der Waals surface area contributed by atoms with E-state index in [1.54, 1.807) is 30.3 Å². The molecule has 1 atom stereocenters. The molecule has 0 aliphatic carbocycles. The van der Waals surface area contributed by atoms with Crippen LogP contribution in [0.15, 0.2) is 54.6 Å². The molecular weight excluding hydrogens is 353 g/mol. The van der Waals surface area contributed by atoms with Crippen molar-refractivity contribution in [3.05, 3.63) is 76.7 Å². The Morgan fingerprint density at radius 3 is 2.73 bits per heavy atom. The number of carbonyl (C=O) groups is 1. The summed E-state index contributed by atoms with van der Waals surface area (Å²) in [5.74, 6) is -0.480. The highest BCUT2D eigenvalue weighted by Gasteiger charge is 2.16. The van der Waals surface area contributed by atoms with Gasteiger partial charge in [0.05, 0.1) is 11.6 Å². The van der Waals surface area contributed by atoms with Crippen molar-refractivity contribution in [2.75, 3.05) is 20.6 Å². The van der Waals surface area contributed by atoms with Crippen LogP contribution in [0.2, 0.25) is 5.15 Å². The Hall–Kier alpha value is -2.50. The lowest BCUT2D eigenvalue weighted by Gasteiger charge is -2.25. The van der Waals surface area contributed by atoms with E-state index >= 15 is 0 Å². The van der Waals surface area contributed by atoms with Gasteiger partial charge in [-0.3, -0.25) is 4.79 Å². The largest absolute Gasteiger partial charge is 0.350 e. The average molecular weight is 372 g/mol. The molecule has 6 heteroatoms. The predicted octanol–water partition coefficient (Wildman–Crippen LogP) is 4.06. The zero-order valence-corrected chi connectivity index (χ0v) is 15.3. The summed E-state index contributed by atoms with van der Waals surface area (Å²) in [5.41, 5.74) is 2.09. The fourth-order valence-corrected chi connectivity index (χ4v) is 3.00. The molecule has 0 aliphatic rings. The van der Waals surface area contributed by atoms with Crippen LogP contribution in [0.3, 0.4) is 0 Å². The Balaban J connectivity index is 1.75. The van der Waals surface area contributed by atoms with E-state index < -0.39 is 0 Å². The Morgan fingerprint density at radius 2 is 2.00 bits per heavy atom. The van der Waals surface area contributed by atoms with Crippen molar-refractivity contribution in [2.24, 2.45) is 0 Å². The molecule has 26 heavy (non-hydrogen) atoms. The topological polar surface area (TPSA) is 45.2 Å². The molecule has 0 fully saturated rings. The van der Waals surface area contributed by atoms with Crippen LogP contribution in [0.4, 0.5) is 4.39 Å². The molecule has 1 N–H and O–H groups in total. The molecule has 1 amide bonds. The number of nitrogens with zero attached hydrogens (tertiary/aromatic N) is 2. The van der Waals surface area contributed by atoms with E-state index in [-0.39, 0.29) is 17.8 Å². The first kappa shape index (κ1) is 18.3. The highest BCUT2D eigenvalue weighted by Crippen LogP contribution is 2.20. The summed E-state index contributed by atoms with van der Waals surface area (Å²) in [7, 11) is 3.79. The van der Waals surface area contributed by atoms with Crippen molar-refractivity contribution in [3.63, 3.8) is 0 Å². The third-order valence-corrected chi connectivity index (χ3v) is 4.44. The van der Waals surface area contributed by atoms with E-state index in [2.05, 4.69) is 10.3 Å². The number of fused-ring (bicyclic) bond motifs is 1. The summed E-state index contributed by atoms with van der Waals surface area (Å²) in [6.45, 7) is 0.367. The van der Waals surface area contributed by atoms with Crippen molar-refractivity contribution >= 4 is 28.4 Å². The van der Waals surface area contributed by atoms with Gasteiger partial charge in [-0.05, 0) is 62.1 Å². The summed E-state index contributed by atoms with van der Waals surface area (Å²) in [5, 5.41) is 4.18. The number of halogens is 2. The Bertz CT molecular complexity index is 945. The first-order valence-electron chi connectivity index (χ1n) is 8.20. The van der Waals surface area contributed by atoms with Crippen LogP contribution in [0.5, 0.6) is 0 Å². The van der Waals surface area contributed by atoms with Gasteiger partial charge in [-0.1, -0.05) is 23.7 Å². The number of rotatable bonds is 5. The van der Waals surface area contributed by atoms with E-state index in [4.69, 9.17) is 11.6 Å². The number of carbonyl (C=O) groups excluding carboxylic acids is 1.